The summed E-state index contributed by atoms with van der Waals surface area (Å²) >= 11 is 0. The number of aromatic nitrogens is 2. The van der Waals surface area contributed by atoms with Gasteiger partial charge >= 0.3 is 5.69 Å². The Labute approximate surface area is 139 Å². The first-order valence-electron chi connectivity index (χ1n) is 7.96. The monoisotopic (exact) mass is 323 g/mol. The first-order chi connectivity index (χ1) is 11.7. The van der Waals surface area contributed by atoms with Crippen molar-refractivity contribution >= 4 is 5.82 Å². The SMILES string of the molecule is N#Cc1cccc(COc2cc3n(c(=O)n2)CC2CNCCN32)c1. The van der Waals surface area contributed by atoms with E-state index in [9.17, 15) is 4.79 Å². The Kier molecular flexibility index (Phi) is 3.67. The van der Waals surface area contributed by atoms with E-state index >= 15 is 0 Å². The van der Waals surface area contributed by atoms with Crippen molar-refractivity contribution in [2.45, 2.75) is 19.2 Å². The van der Waals surface area contributed by atoms with E-state index in [1.165, 1.54) is 0 Å². The van der Waals surface area contributed by atoms with Crippen molar-refractivity contribution in [3.05, 3.63) is 51.9 Å². The molecule has 7 nitrogen and oxygen atoms in total. The van der Waals surface area contributed by atoms with Gasteiger partial charge in [0.1, 0.15) is 12.4 Å². The van der Waals surface area contributed by atoms with E-state index in [1.54, 1.807) is 16.7 Å². The Balaban J connectivity index is 1.56. The highest BCUT2D eigenvalue weighted by Gasteiger charge is 2.32. The highest BCUT2D eigenvalue weighted by molar-refractivity contribution is 5.47. The molecule has 2 aromatic rings. The van der Waals surface area contributed by atoms with Crippen LogP contribution in [-0.2, 0) is 13.2 Å². The Morgan fingerprint density at radius 2 is 2.33 bits per heavy atom. The van der Waals surface area contributed by atoms with Crippen LogP contribution in [0.1, 0.15) is 11.1 Å². The molecule has 0 saturated carbocycles. The molecule has 1 aromatic carbocycles. The molecule has 1 N–H and O–H groups in total. The van der Waals surface area contributed by atoms with Gasteiger partial charge in [0.2, 0.25) is 5.88 Å². The highest BCUT2D eigenvalue weighted by atomic mass is 16.5. The number of nitrogens with zero attached hydrogens (tertiary/aromatic N) is 4. The second-order valence-electron chi connectivity index (χ2n) is 6.00. The number of benzene rings is 1. The molecule has 2 aliphatic heterocycles. The number of anilines is 1. The van der Waals surface area contributed by atoms with E-state index in [1.807, 2.05) is 18.2 Å². The van der Waals surface area contributed by atoms with Gasteiger partial charge < -0.3 is 15.0 Å². The molecular weight excluding hydrogens is 306 g/mol. The van der Waals surface area contributed by atoms with Crippen LogP contribution in [0.3, 0.4) is 0 Å². The van der Waals surface area contributed by atoms with Crippen molar-refractivity contribution < 1.29 is 4.74 Å². The number of nitriles is 1. The number of fused-ring (bicyclic) bond motifs is 3. The number of piperazine rings is 1. The van der Waals surface area contributed by atoms with Gasteiger partial charge in [-0.1, -0.05) is 12.1 Å². The average Bonchev–Trinajstić information content (AvgIpc) is 3.00. The quantitative estimate of drug-likeness (QED) is 0.885. The lowest BCUT2D eigenvalue weighted by Crippen LogP contribution is -2.49. The molecule has 2 aliphatic rings. The molecule has 0 aliphatic carbocycles. The van der Waals surface area contributed by atoms with Gasteiger partial charge in [-0.25, -0.2) is 4.79 Å². The molecular formula is C17H17N5O2. The van der Waals surface area contributed by atoms with Crippen LogP contribution < -0.4 is 20.6 Å². The summed E-state index contributed by atoms with van der Waals surface area (Å²) in [6, 6.07) is 11.4. The fourth-order valence-electron chi connectivity index (χ4n) is 3.28. The normalized spacial score (nSPS) is 18.6. The zero-order chi connectivity index (χ0) is 16.5. The van der Waals surface area contributed by atoms with Gasteiger partial charge in [0.15, 0.2) is 0 Å². The average molecular weight is 323 g/mol. The molecule has 4 rings (SSSR count). The van der Waals surface area contributed by atoms with Gasteiger partial charge in [-0.05, 0) is 17.7 Å². The molecule has 0 radical (unpaired) electrons. The maximum absolute atomic E-state index is 12.3. The largest absolute Gasteiger partial charge is 0.473 e. The molecule has 0 spiro atoms. The third kappa shape index (κ3) is 2.61. The summed E-state index contributed by atoms with van der Waals surface area (Å²) in [5.41, 5.74) is 1.18. The molecule has 3 heterocycles. The molecule has 1 unspecified atom stereocenters. The van der Waals surface area contributed by atoms with Crippen molar-refractivity contribution in [3.8, 4) is 11.9 Å². The van der Waals surface area contributed by atoms with Crippen LogP contribution in [0.5, 0.6) is 5.88 Å². The lowest BCUT2D eigenvalue weighted by molar-refractivity contribution is 0.291. The van der Waals surface area contributed by atoms with Crippen LogP contribution in [0, 0.1) is 11.3 Å². The Morgan fingerprint density at radius 3 is 3.21 bits per heavy atom. The van der Waals surface area contributed by atoms with Crippen molar-refractivity contribution in [1.82, 2.24) is 14.9 Å². The third-order valence-corrected chi connectivity index (χ3v) is 4.45. The van der Waals surface area contributed by atoms with Crippen LogP contribution in [0.25, 0.3) is 0 Å². The minimum absolute atomic E-state index is 0.274. The van der Waals surface area contributed by atoms with E-state index in [0.29, 0.717) is 24.0 Å². The number of hydrogen-bond donors (Lipinski definition) is 1. The van der Waals surface area contributed by atoms with Gasteiger partial charge in [-0.3, -0.25) is 4.57 Å². The fraction of sp³-hybridized carbons (Fsp3) is 0.353. The standard InChI is InChI=1S/C17H17N5O2/c18-8-12-2-1-3-13(6-12)11-24-15-7-16-21-5-4-19-9-14(21)10-22(16)17(23)20-15/h1-3,6-7,14,19H,4-5,9-11H2. The van der Waals surface area contributed by atoms with Crippen LogP contribution in [-0.4, -0.2) is 35.2 Å². The van der Waals surface area contributed by atoms with Crippen molar-refractivity contribution in [2.24, 2.45) is 0 Å². The summed E-state index contributed by atoms with van der Waals surface area (Å²) in [4.78, 5) is 18.5. The first-order valence-corrected chi connectivity index (χ1v) is 7.96. The molecule has 1 saturated heterocycles. The van der Waals surface area contributed by atoms with Crippen LogP contribution in [0.2, 0.25) is 0 Å². The summed E-state index contributed by atoms with van der Waals surface area (Å²) in [6.45, 7) is 3.59. The predicted molar refractivity (Wildman–Crippen MR) is 88.0 cm³/mol. The van der Waals surface area contributed by atoms with Gasteiger partial charge in [0, 0.05) is 25.7 Å². The third-order valence-electron chi connectivity index (χ3n) is 4.45. The van der Waals surface area contributed by atoms with E-state index in [0.717, 1.165) is 31.0 Å². The molecule has 1 aromatic heterocycles. The smallest absolute Gasteiger partial charge is 0.352 e. The Morgan fingerprint density at radius 1 is 1.42 bits per heavy atom. The molecule has 1 fully saturated rings. The van der Waals surface area contributed by atoms with Crippen molar-refractivity contribution in [2.75, 3.05) is 24.5 Å². The van der Waals surface area contributed by atoms with Crippen molar-refractivity contribution in [1.29, 1.82) is 5.26 Å². The Hall–Kier alpha value is -2.85. The lowest BCUT2D eigenvalue weighted by Gasteiger charge is -2.31. The second-order valence-corrected chi connectivity index (χ2v) is 6.00. The number of ether oxygens (including phenoxy) is 1. The lowest BCUT2D eigenvalue weighted by atomic mass is 10.1. The summed E-state index contributed by atoms with van der Waals surface area (Å²) in [5.74, 6) is 1.20. The van der Waals surface area contributed by atoms with E-state index in [-0.39, 0.29) is 12.3 Å². The highest BCUT2D eigenvalue weighted by Crippen LogP contribution is 2.27. The van der Waals surface area contributed by atoms with Crippen LogP contribution >= 0.6 is 0 Å². The minimum atomic E-state index is -0.275. The fourth-order valence-corrected chi connectivity index (χ4v) is 3.28. The summed E-state index contributed by atoms with van der Waals surface area (Å²) in [5, 5.41) is 12.3. The van der Waals surface area contributed by atoms with Gasteiger partial charge in [0.25, 0.3) is 0 Å². The van der Waals surface area contributed by atoms with E-state index in [2.05, 4.69) is 21.3 Å². The predicted octanol–water partition coefficient (Wildman–Crippen LogP) is 0.486. The molecule has 0 amide bonds. The van der Waals surface area contributed by atoms with Gasteiger partial charge in [0.05, 0.1) is 24.2 Å². The summed E-state index contributed by atoms with van der Waals surface area (Å²) in [7, 11) is 0. The van der Waals surface area contributed by atoms with Gasteiger partial charge in [-0.2, -0.15) is 10.2 Å². The van der Waals surface area contributed by atoms with E-state index < -0.39 is 0 Å². The number of hydrogen-bond acceptors (Lipinski definition) is 6. The first kappa shape index (κ1) is 14.7. The van der Waals surface area contributed by atoms with E-state index in [4.69, 9.17) is 10.00 Å². The molecule has 122 valence electrons. The number of rotatable bonds is 3. The minimum Gasteiger partial charge on any atom is -0.473 e. The summed E-state index contributed by atoms with van der Waals surface area (Å²) in [6.07, 6.45) is 0. The van der Waals surface area contributed by atoms with Crippen molar-refractivity contribution in [3.63, 3.8) is 0 Å². The molecule has 7 heteroatoms. The number of nitrogens with one attached hydrogen (secondary N) is 1. The zero-order valence-corrected chi connectivity index (χ0v) is 13.1. The summed E-state index contributed by atoms with van der Waals surface area (Å²) < 4.78 is 7.41. The second kappa shape index (κ2) is 5.98. The van der Waals surface area contributed by atoms with Crippen LogP contribution in [0.4, 0.5) is 5.82 Å². The van der Waals surface area contributed by atoms with Gasteiger partial charge in [-0.15, -0.1) is 0 Å². The molecule has 24 heavy (non-hydrogen) atoms. The molecule has 0 bridgehead atoms. The van der Waals surface area contributed by atoms with Crippen LogP contribution in [0.15, 0.2) is 35.1 Å². The molecule has 1 atom stereocenters. The topological polar surface area (TPSA) is 83.2 Å². The maximum atomic E-state index is 12.3. The maximum Gasteiger partial charge on any atom is 0.352 e. The Bertz CT molecular complexity index is 870. The zero-order valence-electron chi connectivity index (χ0n) is 13.1.